The van der Waals surface area contributed by atoms with Crippen LogP contribution < -0.4 is 4.74 Å². The summed E-state index contributed by atoms with van der Waals surface area (Å²) in [5, 5.41) is 5.54. The maximum atomic E-state index is 11.4. The van der Waals surface area contributed by atoms with Gasteiger partial charge in [0, 0.05) is 22.2 Å². The van der Waals surface area contributed by atoms with Gasteiger partial charge in [0.05, 0.1) is 24.9 Å². The molecule has 0 amide bonds. The van der Waals surface area contributed by atoms with Crippen molar-refractivity contribution in [1.82, 2.24) is 14.8 Å². The summed E-state index contributed by atoms with van der Waals surface area (Å²) < 4.78 is 7.23. The third kappa shape index (κ3) is 2.70. The Balaban J connectivity index is 2.23. The molecule has 0 saturated carbocycles. The largest absolute Gasteiger partial charge is 0.481 e. The molecule has 0 spiro atoms. The van der Waals surface area contributed by atoms with Crippen LogP contribution in [0.2, 0.25) is 0 Å². The zero-order valence-electron chi connectivity index (χ0n) is 13.8. The van der Waals surface area contributed by atoms with Crippen molar-refractivity contribution >= 4 is 16.7 Å². The van der Waals surface area contributed by atoms with Gasteiger partial charge in [0.1, 0.15) is 0 Å². The van der Waals surface area contributed by atoms with Gasteiger partial charge in [0.2, 0.25) is 5.88 Å². The number of fused-ring (bicyclic) bond motifs is 1. The summed E-state index contributed by atoms with van der Waals surface area (Å²) >= 11 is 0. The van der Waals surface area contributed by atoms with Crippen molar-refractivity contribution < 1.29 is 9.53 Å². The maximum Gasteiger partial charge on any atom is 0.221 e. The Bertz CT molecular complexity index is 897. The molecule has 5 nitrogen and oxygen atoms in total. The van der Waals surface area contributed by atoms with Gasteiger partial charge in [0.15, 0.2) is 5.78 Å². The highest BCUT2D eigenvalue weighted by Crippen LogP contribution is 2.35. The van der Waals surface area contributed by atoms with E-state index in [1.54, 1.807) is 18.7 Å². The summed E-state index contributed by atoms with van der Waals surface area (Å²) in [6.45, 7) is 5.74. The van der Waals surface area contributed by atoms with Gasteiger partial charge >= 0.3 is 0 Å². The van der Waals surface area contributed by atoms with Crippen molar-refractivity contribution in [2.45, 2.75) is 27.3 Å². The number of para-hydroxylation sites is 1. The molecule has 0 aliphatic carbocycles. The number of ether oxygens (including phenoxy) is 1. The van der Waals surface area contributed by atoms with Crippen LogP contribution in [0.15, 0.2) is 30.3 Å². The Hall–Kier alpha value is -2.69. The van der Waals surface area contributed by atoms with E-state index in [1.807, 2.05) is 38.1 Å². The lowest BCUT2D eigenvalue weighted by Gasteiger charge is -2.10. The van der Waals surface area contributed by atoms with E-state index in [0.717, 1.165) is 33.4 Å². The van der Waals surface area contributed by atoms with Crippen molar-refractivity contribution in [2.24, 2.45) is 0 Å². The summed E-state index contributed by atoms with van der Waals surface area (Å²) in [6.07, 6.45) is 0. The number of carbonyl (C=O) groups is 1. The summed E-state index contributed by atoms with van der Waals surface area (Å²) in [4.78, 5) is 16.0. The van der Waals surface area contributed by atoms with Crippen molar-refractivity contribution in [1.29, 1.82) is 0 Å². The molecule has 1 aromatic carbocycles. The predicted molar refractivity (Wildman–Crippen MR) is 89.7 cm³/mol. The number of methoxy groups -OCH3 is 1. The number of aryl methyl sites for hydroxylation is 1. The van der Waals surface area contributed by atoms with Crippen molar-refractivity contribution in [3.05, 3.63) is 41.7 Å². The van der Waals surface area contributed by atoms with E-state index in [1.165, 1.54) is 0 Å². The molecule has 0 aliphatic heterocycles. The molecule has 5 heteroatoms. The third-order valence-electron chi connectivity index (χ3n) is 3.91. The van der Waals surface area contributed by atoms with E-state index < -0.39 is 0 Å². The Morgan fingerprint density at radius 2 is 2.00 bits per heavy atom. The SMILES string of the molecule is COc1nc2ccccc2cc1-c1c(C)nn(CC(C)=O)c1C. The molecule has 3 rings (SSSR count). The van der Waals surface area contributed by atoms with E-state index in [4.69, 9.17) is 4.74 Å². The number of ketones is 1. The minimum Gasteiger partial charge on any atom is -0.481 e. The zero-order chi connectivity index (χ0) is 16.6. The number of pyridine rings is 1. The molecule has 0 radical (unpaired) electrons. The molecular formula is C18H19N3O2. The van der Waals surface area contributed by atoms with Crippen LogP contribution in [0.5, 0.6) is 5.88 Å². The zero-order valence-corrected chi connectivity index (χ0v) is 13.8. The maximum absolute atomic E-state index is 11.4. The van der Waals surface area contributed by atoms with Gasteiger partial charge in [-0.2, -0.15) is 5.10 Å². The normalized spacial score (nSPS) is 11.0. The van der Waals surface area contributed by atoms with Gasteiger partial charge in [-0.05, 0) is 32.9 Å². The number of hydrogen-bond donors (Lipinski definition) is 0. The van der Waals surface area contributed by atoms with Gasteiger partial charge in [-0.1, -0.05) is 18.2 Å². The number of nitrogens with zero attached hydrogens (tertiary/aromatic N) is 3. The lowest BCUT2D eigenvalue weighted by atomic mass is 10.0. The Morgan fingerprint density at radius 3 is 2.70 bits per heavy atom. The first-order chi connectivity index (χ1) is 11.0. The molecule has 0 bridgehead atoms. The van der Waals surface area contributed by atoms with Crippen LogP contribution in [0.25, 0.3) is 22.0 Å². The topological polar surface area (TPSA) is 57.0 Å². The molecule has 23 heavy (non-hydrogen) atoms. The minimum absolute atomic E-state index is 0.0748. The Morgan fingerprint density at radius 1 is 1.26 bits per heavy atom. The number of carbonyl (C=O) groups excluding carboxylic acids is 1. The van der Waals surface area contributed by atoms with Crippen LogP contribution >= 0.6 is 0 Å². The smallest absolute Gasteiger partial charge is 0.221 e. The standard InChI is InChI=1S/C18H19N3O2/c1-11(22)10-21-13(3)17(12(2)20-21)15-9-14-7-5-6-8-16(14)19-18(15)23-4/h5-9H,10H2,1-4H3. The molecule has 0 N–H and O–H groups in total. The van der Waals surface area contributed by atoms with E-state index in [9.17, 15) is 4.79 Å². The number of rotatable bonds is 4. The van der Waals surface area contributed by atoms with Crippen molar-refractivity contribution in [2.75, 3.05) is 7.11 Å². The summed E-state index contributed by atoms with van der Waals surface area (Å²) in [7, 11) is 1.62. The lowest BCUT2D eigenvalue weighted by Crippen LogP contribution is -2.09. The molecule has 2 heterocycles. The number of benzene rings is 1. The second kappa shape index (κ2) is 5.83. The molecular weight excluding hydrogens is 290 g/mol. The molecule has 2 aromatic heterocycles. The number of hydrogen-bond acceptors (Lipinski definition) is 4. The number of Topliss-reactive ketones (excluding diaryl/α,β-unsaturated/α-hetero) is 1. The first-order valence-corrected chi connectivity index (χ1v) is 7.49. The molecule has 0 unspecified atom stereocenters. The second-order valence-corrected chi connectivity index (χ2v) is 5.64. The molecule has 0 atom stereocenters. The van der Waals surface area contributed by atoms with Gasteiger partial charge < -0.3 is 4.74 Å². The number of aromatic nitrogens is 3. The third-order valence-corrected chi connectivity index (χ3v) is 3.91. The molecule has 0 fully saturated rings. The monoisotopic (exact) mass is 309 g/mol. The lowest BCUT2D eigenvalue weighted by molar-refractivity contribution is -0.117. The Kier molecular flexibility index (Phi) is 3.86. The minimum atomic E-state index is 0.0748. The Labute approximate surface area is 134 Å². The van der Waals surface area contributed by atoms with Crippen molar-refractivity contribution in [3.8, 4) is 17.0 Å². The van der Waals surface area contributed by atoms with Gasteiger partial charge in [-0.15, -0.1) is 0 Å². The highest BCUT2D eigenvalue weighted by atomic mass is 16.5. The molecule has 0 aliphatic rings. The van der Waals surface area contributed by atoms with Crippen LogP contribution in [-0.4, -0.2) is 27.7 Å². The average molecular weight is 309 g/mol. The summed E-state index contributed by atoms with van der Waals surface area (Å²) in [5.41, 5.74) is 4.56. The second-order valence-electron chi connectivity index (χ2n) is 5.64. The molecule has 0 saturated heterocycles. The van der Waals surface area contributed by atoms with Crippen LogP contribution in [-0.2, 0) is 11.3 Å². The first kappa shape index (κ1) is 15.2. The quantitative estimate of drug-likeness (QED) is 0.742. The fourth-order valence-corrected chi connectivity index (χ4v) is 2.88. The van der Waals surface area contributed by atoms with E-state index in [-0.39, 0.29) is 12.3 Å². The van der Waals surface area contributed by atoms with Crippen molar-refractivity contribution in [3.63, 3.8) is 0 Å². The molecule has 118 valence electrons. The fourth-order valence-electron chi connectivity index (χ4n) is 2.88. The van der Waals surface area contributed by atoms with Crippen LogP contribution in [0.1, 0.15) is 18.3 Å². The van der Waals surface area contributed by atoms with E-state index in [2.05, 4.69) is 16.1 Å². The van der Waals surface area contributed by atoms with E-state index >= 15 is 0 Å². The van der Waals surface area contributed by atoms with Crippen LogP contribution in [0, 0.1) is 13.8 Å². The average Bonchev–Trinajstić information content (AvgIpc) is 2.79. The van der Waals surface area contributed by atoms with Gasteiger partial charge in [-0.3, -0.25) is 9.48 Å². The molecule has 3 aromatic rings. The predicted octanol–water partition coefficient (Wildman–Crippen LogP) is 3.31. The van der Waals surface area contributed by atoms with E-state index in [0.29, 0.717) is 5.88 Å². The van der Waals surface area contributed by atoms with Gasteiger partial charge in [-0.25, -0.2) is 4.98 Å². The fraction of sp³-hybridized carbons (Fsp3) is 0.278. The summed E-state index contributed by atoms with van der Waals surface area (Å²) in [6, 6.07) is 9.99. The van der Waals surface area contributed by atoms with Crippen LogP contribution in [0.3, 0.4) is 0 Å². The van der Waals surface area contributed by atoms with Gasteiger partial charge in [0.25, 0.3) is 0 Å². The highest BCUT2D eigenvalue weighted by Gasteiger charge is 2.19. The highest BCUT2D eigenvalue weighted by molar-refractivity contribution is 5.87. The van der Waals surface area contributed by atoms with Crippen LogP contribution in [0.4, 0.5) is 0 Å². The summed E-state index contributed by atoms with van der Waals surface area (Å²) in [5.74, 6) is 0.642. The first-order valence-electron chi connectivity index (χ1n) is 7.49.